The molecule has 0 radical (unpaired) electrons. The number of nitrogens with zero attached hydrogens (tertiary/aromatic N) is 4. The van der Waals surface area contributed by atoms with Crippen molar-refractivity contribution in [3.05, 3.63) is 135 Å². The monoisotopic (exact) mass is 574 g/mol. The van der Waals surface area contributed by atoms with E-state index in [0.29, 0.717) is 44.0 Å². The van der Waals surface area contributed by atoms with Gasteiger partial charge in [-0.2, -0.15) is 0 Å². The molecule has 0 spiro atoms. The van der Waals surface area contributed by atoms with Gasteiger partial charge in [0.05, 0.1) is 17.2 Å². The van der Waals surface area contributed by atoms with Crippen LogP contribution in [0.4, 0.5) is 17.1 Å². The van der Waals surface area contributed by atoms with Crippen LogP contribution in [-0.2, 0) is 11.3 Å². The van der Waals surface area contributed by atoms with Crippen molar-refractivity contribution >= 4 is 35.0 Å². The lowest BCUT2D eigenvalue weighted by atomic mass is 10.1. The number of rotatable bonds is 6. The van der Waals surface area contributed by atoms with Gasteiger partial charge in [-0.3, -0.25) is 24.6 Å². The van der Waals surface area contributed by atoms with Crippen molar-refractivity contribution in [2.75, 3.05) is 36.0 Å². The van der Waals surface area contributed by atoms with Crippen molar-refractivity contribution < 1.29 is 19.2 Å². The Balaban J connectivity index is 1.13. The van der Waals surface area contributed by atoms with Crippen LogP contribution >= 0.6 is 0 Å². The summed E-state index contributed by atoms with van der Waals surface area (Å²) in [5.74, 6) is 0.533. The van der Waals surface area contributed by atoms with E-state index in [1.54, 1.807) is 35.2 Å². The van der Waals surface area contributed by atoms with Crippen molar-refractivity contribution in [1.29, 1.82) is 0 Å². The molecule has 9 nitrogen and oxygen atoms in total. The Hall–Kier alpha value is -5.44. The first-order valence-electron chi connectivity index (χ1n) is 14.1. The fourth-order valence-electron chi connectivity index (χ4n) is 5.42. The smallest absolute Gasteiger partial charge is 0.294 e. The number of ether oxygens (including phenoxy) is 1. The van der Waals surface area contributed by atoms with E-state index < -0.39 is 4.92 Å². The highest BCUT2D eigenvalue weighted by atomic mass is 16.6. The predicted molar refractivity (Wildman–Crippen MR) is 165 cm³/mol. The van der Waals surface area contributed by atoms with Crippen LogP contribution in [0, 0.1) is 17.0 Å². The maximum Gasteiger partial charge on any atom is 0.294 e. The molecule has 2 amide bonds. The molecule has 4 aromatic carbocycles. The molecule has 0 N–H and O–H groups in total. The molecule has 9 heteroatoms. The van der Waals surface area contributed by atoms with Crippen LogP contribution in [0.2, 0.25) is 0 Å². The molecule has 1 fully saturated rings. The second-order valence-corrected chi connectivity index (χ2v) is 10.6. The first-order valence-corrected chi connectivity index (χ1v) is 14.1. The second kappa shape index (κ2) is 11.8. The summed E-state index contributed by atoms with van der Waals surface area (Å²) in [6.45, 7) is 4.80. The number of amides is 2. The summed E-state index contributed by atoms with van der Waals surface area (Å²) in [5.41, 5.74) is 5.14. The van der Waals surface area contributed by atoms with Crippen LogP contribution in [0.25, 0.3) is 6.08 Å². The predicted octanol–water partition coefficient (Wildman–Crippen LogP) is 5.83. The number of piperazine rings is 1. The highest BCUT2D eigenvalue weighted by Crippen LogP contribution is 2.36. The summed E-state index contributed by atoms with van der Waals surface area (Å²) < 4.78 is 6.03. The third-order valence-corrected chi connectivity index (χ3v) is 7.70. The van der Waals surface area contributed by atoms with Gasteiger partial charge in [0.25, 0.3) is 17.5 Å². The van der Waals surface area contributed by atoms with E-state index in [1.807, 2.05) is 66.4 Å². The summed E-state index contributed by atoms with van der Waals surface area (Å²) in [7, 11) is 0. The van der Waals surface area contributed by atoms with Gasteiger partial charge in [-0.25, -0.2) is 0 Å². The van der Waals surface area contributed by atoms with E-state index >= 15 is 0 Å². The zero-order chi connectivity index (χ0) is 29.9. The Kier molecular flexibility index (Phi) is 7.61. The third kappa shape index (κ3) is 5.97. The largest absolute Gasteiger partial charge is 0.449 e. The Morgan fingerprint density at radius 3 is 2.33 bits per heavy atom. The molecule has 6 rings (SSSR count). The highest BCUT2D eigenvalue weighted by Gasteiger charge is 2.30. The summed E-state index contributed by atoms with van der Waals surface area (Å²) >= 11 is 0. The van der Waals surface area contributed by atoms with Gasteiger partial charge in [0.2, 0.25) is 0 Å². The van der Waals surface area contributed by atoms with E-state index in [2.05, 4.69) is 11.0 Å². The number of non-ortho nitro benzene ring substituents is 1. The van der Waals surface area contributed by atoms with Crippen LogP contribution < -0.4 is 14.5 Å². The van der Waals surface area contributed by atoms with Gasteiger partial charge < -0.3 is 14.5 Å². The fraction of sp³-hybridized carbons (Fsp3) is 0.176. The van der Waals surface area contributed by atoms with Crippen LogP contribution in [0.5, 0.6) is 5.75 Å². The molecule has 2 aliphatic rings. The van der Waals surface area contributed by atoms with Crippen molar-refractivity contribution in [2.24, 2.45) is 0 Å². The Bertz CT molecular complexity index is 1710. The number of carbonyl (C=O) groups is 2. The number of hydrogen-bond donors (Lipinski definition) is 0. The van der Waals surface area contributed by atoms with Gasteiger partial charge in [-0.1, -0.05) is 54.1 Å². The van der Waals surface area contributed by atoms with Crippen molar-refractivity contribution in [3.8, 4) is 5.75 Å². The van der Waals surface area contributed by atoms with Crippen molar-refractivity contribution in [2.45, 2.75) is 13.5 Å². The lowest BCUT2D eigenvalue weighted by molar-refractivity contribution is -0.384. The lowest BCUT2D eigenvalue weighted by Gasteiger charge is -2.36. The number of nitro benzene ring substituents is 1. The topological polar surface area (TPSA) is 96.2 Å². The molecular weight excluding hydrogens is 544 g/mol. The summed E-state index contributed by atoms with van der Waals surface area (Å²) in [6.07, 6.45) is 1.71. The molecular formula is C34H30N4O5. The van der Waals surface area contributed by atoms with Gasteiger partial charge in [0.1, 0.15) is 0 Å². The third-order valence-electron chi connectivity index (χ3n) is 7.70. The number of anilines is 2. The average molecular weight is 575 g/mol. The zero-order valence-corrected chi connectivity index (χ0v) is 23.7. The molecule has 0 aliphatic carbocycles. The van der Waals surface area contributed by atoms with E-state index in [9.17, 15) is 19.7 Å². The van der Waals surface area contributed by atoms with Crippen LogP contribution in [0.1, 0.15) is 27.0 Å². The van der Waals surface area contributed by atoms with E-state index in [1.165, 1.54) is 12.1 Å². The normalized spacial score (nSPS) is 15.7. The first kappa shape index (κ1) is 27.7. The molecule has 1 saturated heterocycles. The molecule has 216 valence electrons. The molecule has 0 atom stereocenters. The zero-order valence-electron chi connectivity index (χ0n) is 23.7. The van der Waals surface area contributed by atoms with Gasteiger partial charge in [-0.15, -0.1) is 0 Å². The maximum atomic E-state index is 13.6. The van der Waals surface area contributed by atoms with E-state index in [4.69, 9.17) is 4.74 Å². The quantitative estimate of drug-likeness (QED) is 0.163. The lowest BCUT2D eigenvalue weighted by Crippen LogP contribution is -2.48. The van der Waals surface area contributed by atoms with Crippen LogP contribution in [0.3, 0.4) is 0 Å². The Labute approximate surface area is 249 Å². The number of benzene rings is 4. The second-order valence-electron chi connectivity index (χ2n) is 10.6. The van der Waals surface area contributed by atoms with Crippen molar-refractivity contribution in [3.63, 3.8) is 0 Å². The number of carbonyl (C=O) groups excluding carboxylic acids is 2. The molecule has 0 bridgehead atoms. The van der Waals surface area contributed by atoms with Crippen LogP contribution in [0.15, 0.2) is 103 Å². The SMILES string of the molecule is Cc1cccc(CN2C(=O)/C(=C\c3ccc(C(=O)N4CCN(c5ccc([N+](=O)[O-])cc5)CC4)cc3)Oc3ccccc32)c1. The number of hydrogen-bond acceptors (Lipinski definition) is 6. The number of para-hydroxylation sites is 2. The number of nitro groups is 1. The molecule has 0 unspecified atom stereocenters. The van der Waals surface area contributed by atoms with Gasteiger partial charge in [0.15, 0.2) is 11.5 Å². The molecule has 0 saturated carbocycles. The number of aryl methyl sites for hydroxylation is 1. The minimum absolute atomic E-state index is 0.0560. The molecule has 0 aromatic heterocycles. The maximum absolute atomic E-state index is 13.6. The summed E-state index contributed by atoms with van der Waals surface area (Å²) in [4.78, 5) is 43.0. The minimum Gasteiger partial charge on any atom is -0.449 e. The number of fused-ring (bicyclic) bond motifs is 1. The van der Waals surface area contributed by atoms with Gasteiger partial charge in [0, 0.05) is 49.6 Å². The van der Waals surface area contributed by atoms with Gasteiger partial charge in [-0.05, 0) is 60.5 Å². The average Bonchev–Trinajstić information content (AvgIpc) is 3.03. The summed E-state index contributed by atoms with van der Waals surface area (Å²) in [6, 6.07) is 29.2. The first-order chi connectivity index (χ1) is 20.9. The minimum atomic E-state index is -0.414. The Morgan fingerprint density at radius 1 is 0.907 bits per heavy atom. The molecule has 2 heterocycles. The highest BCUT2D eigenvalue weighted by molar-refractivity contribution is 6.09. The fourth-order valence-corrected chi connectivity index (χ4v) is 5.42. The van der Waals surface area contributed by atoms with Crippen molar-refractivity contribution in [1.82, 2.24) is 4.90 Å². The van der Waals surface area contributed by atoms with Gasteiger partial charge >= 0.3 is 0 Å². The van der Waals surface area contributed by atoms with Crippen LogP contribution in [-0.4, -0.2) is 47.8 Å². The molecule has 2 aliphatic heterocycles. The van der Waals surface area contributed by atoms with E-state index in [-0.39, 0.29) is 23.3 Å². The molecule has 4 aromatic rings. The summed E-state index contributed by atoms with van der Waals surface area (Å²) in [5, 5.41) is 10.9. The standard InChI is InChI=1S/C34H30N4O5/c1-24-5-4-6-26(21-24)23-37-30-7-2-3-8-31(30)43-32(34(37)40)22-25-9-11-27(12-10-25)33(39)36-19-17-35(18-20-36)28-13-15-29(16-14-28)38(41)42/h2-16,21-22H,17-20,23H2,1H3/b32-22+. The molecule has 43 heavy (non-hydrogen) atoms. The van der Waals surface area contributed by atoms with E-state index in [0.717, 1.165) is 28.1 Å². The Morgan fingerprint density at radius 2 is 1.63 bits per heavy atom.